The third-order valence-electron chi connectivity index (χ3n) is 1.63. The number of nitrogen functional groups attached to an aromatic ring is 1. The van der Waals surface area contributed by atoms with Crippen molar-refractivity contribution in [1.82, 2.24) is 4.98 Å². The molecule has 3 nitrogen and oxygen atoms in total. The van der Waals surface area contributed by atoms with E-state index in [0.717, 1.165) is 0 Å². The van der Waals surface area contributed by atoms with Crippen LogP contribution in [0.4, 0.5) is 29.1 Å². The molecule has 0 aliphatic rings. The summed E-state index contributed by atoms with van der Waals surface area (Å²) in [6.07, 6.45) is -2.40. The number of aromatic nitrogens is 1. The van der Waals surface area contributed by atoms with Gasteiger partial charge in [0.1, 0.15) is 5.82 Å². The van der Waals surface area contributed by atoms with Crippen molar-refractivity contribution in [1.29, 1.82) is 0 Å². The maximum atomic E-state index is 12.5. The molecule has 1 rings (SSSR count). The van der Waals surface area contributed by atoms with Gasteiger partial charge in [-0.25, -0.2) is 13.8 Å². The predicted molar refractivity (Wildman–Crippen MR) is 48.1 cm³/mol. The molecule has 0 spiro atoms. The Balaban J connectivity index is 2.57. The molecule has 0 amide bonds. The SMILES string of the molecule is Nc1cc(NCC(F)(F)C(F)F)ccn1. The smallest absolute Gasteiger partial charge is 0.324 e. The number of nitrogens with two attached hydrogens (primary N) is 1. The Bertz CT molecular complexity index is 329. The summed E-state index contributed by atoms with van der Waals surface area (Å²) >= 11 is 0. The topological polar surface area (TPSA) is 50.9 Å². The first-order valence-corrected chi connectivity index (χ1v) is 4.03. The molecule has 84 valence electrons. The Labute approximate surface area is 83.3 Å². The van der Waals surface area contributed by atoms with E-state index in [4.69, 9.17) is 5.73 Å². The third kappa shape index (κ3) is 3.26. The van der Waals surface area contributed by atoms with Crippen LogP contribution in [0.1, 0.15) is 0 Å². The largest absolute Gasteiger partial charge is 0.384 e. The van der Waals surface area contributed by atoms with Gasteiger partial charge in [0.05, 0.1) is 6.54 Å². The van der Waals surface area contributed by atoms with E-state index in [9.17, 15) is 17.6 Å². The van der Waals surface area contributed by atoms with E-state index < -0.39 is 18.9 Å². The van der Waals surface area contributed by atoms with Crippen LogP contribution < -0.4 is 11.1 Å². The van der Waals surface area contributed by atoms with Gasteiger partial charge < -0.3 is 11.1 Å². The van der Waals surface area contributed by atoms with Gasteiger partial charge in [-0.05, 0) is 6.07 Å². The van der Waals surface area contributed by atoms with E-state index in [0.29, 0.717) is 0 Å². The zero-order valence-electron chi connectivity index (χ0n) is 7.55. The van der Waals surface area contributed by atoms with Crippen LogP contribution in [0.15, 0.2) is 18.3 Å². The highest BCUT2D eigenvalue weighted by Crippen LogP contribution is 2.23. The van der Waals surface area contributed by atoms with E-state index in [1.165, 1.54) is 18.3 Å². The molecule has 0 fully saturated rings. The standard InChI is InChI=1S/C8H9F4N3/c9-7(10)8(11,12)4-15-5-1-2-14-6(13)3-5/h1-3,7H,4H2,(H3,13,14,15). The van der Waals surface area contributed by atoms with Gasteiger partial charge in [-0.15, -0.1) is 0 Å². The van der Waals surface area contributed by atoms with Crippen molar-refractivity contribution in [2.75, 3.05) is 17.6 Å². The number of nitrogens with one attached hydrogen (secondary N) is 1. The summed E-state index contributed by atoms with van der Waals surface area (Å²) in [6, 6.07) is 2.64. The molecule has 0 saturated heterocycles. The van der Waals surface area contributed by atoms with E-state index in [2.05, 4.69) is 10.3 Å². The van der Waals surface area contributed by atoms with Crippen molar-refractivity contribution >= 4 is 11.5 Å². The minimum Gasteiger partial charge on any atom is -0.384 e. The van der Waals surface area contributed by atoms with E-state index in [1.54, 1.807) is 0 Å². The van der Waals surface area contributed by atoms with Crippen molar-refractivity contribution in [3.63, 3.8) is 0 Å². The lowest BCUT2D eigenvalue weighted by Crippen LogP contribution is -2.34. The monoisotopic (exact) mass is 223 g/mol. The zero-order chi connectivity index (χ0) is 11.5. The molecule has 0 radical (unpaired) electrons. The number of hydrogen-bond acceptors (Lipinski definition) is 3. The van der Waals surface area contributed by atoms with Gasteiger partial charge in [-0.1, -0.05) is 0 Å². The summed E-state index contributed by atoms with van der Waals surface area (Å²) in [5, 5.41) is 2.16. The Morgan fingerprint density at radius 1 is 1.47 bits per heavy atom. The first-order chi connectivity index (χ1) is 6.92. The van der Waals surface area contributed by atoms with Gasteiger partial charge in [0.15, 0.2) is 0 Å². The van der Waals surface area contributed by atoms with Crippen LogP contribution in [0.2, 0.25) is 0 Å². The number of anilines is 2. The normalized spacial score (nSPS) is 11.8. The molecule has 0 aromatic carbocycles. The molecule has 1 aromatic heterocycles. The lowest BCUT2D eigenvalue weighted by molar-refractivity contribution is -0.117. The van der Waals surface area contributed by atoms with Crippen molar-refractivity contribution in [3.05, 3.63) is 18.3 Å². The molecular formula is C8H9F4N3. The second-order valence-corrected chi connectivity index (χ2v) is 2.88. The highest BCUT2D eigenvalue weighted by atomic mass is 19.3. The van der Waals surface area contributed by atoms with Gasteiger partial charge in [0, 0.05) is 18.0 Å². The maximum Gasteiger partial charge on any atom is 0.324 e. The summed E-state index contributed by atoms with van der Waals surface area (Å²) in [4.78, 5) is 3.62. The first kappa shape index (κ1) is 11.5. The summed E-state index contributed by atoms with van der Waals surface area (Å²) in [5.74, 6) is -3.93. The van der Waals surface area contributed by atoms with Crippen molar-refractivity contribution in [2.45, 2.75) is 12.3 Å². The molecule has 1 heterocycles. The van der Waals surface area contributed by atoms with Crippen LogP contribution in [-0.2, 0) is 0 Å². The van der Waals surface area contributed by atoms with Gasteiger partial charge in [-0.2, -0.15) is 8.78 Å². The van der Waals surface area contributed by atoms with E-state index >= 15 is 0 Å². The molecule has 0 atom stereocenters. The number of halogens is 4. The molecule has 0 bridgehead atoms. The highest BCUT2D eigenvalue weighted by molar-refractivity contribution is 5.49. The lowest BCUT2D eigenvalue weighted by atomic mass is 10.3. The average molecular weight is 223 g/mol. The molecule has 0 aliphatic heterocycles. The Morgan fingerprint density at radius 3 is 2.67 bits per heavy atom. The van der Waals surface area contributed by atoms with Gasteiger partial charge in [-0.3, -0.25) is 0 Å². The molecular weight excluding hydrogens is 214 g/mol. The van der Waals surface area contributed by atoms with Crippen LogP contribution >= 0.6 is 0 Å². The maximum absolute atomic E-state index is 12.5. The number of hydrogen-bond donors (Lipinski definition) is 2. The summed E-state index contributed by atoms with van der Waals surface area (Å²) < 4.78 is 48.5. The second kappa shape index (κ2) is 4.33. The average Bonchev–Trinajstić information content (AvgIpc) is 2.15. The fourth-order valence-electron chi connectivity index (χ4n) is 0.855. The molecule has 15 heavy (non-hydrogen) atoms. The first-order valence-electron chi connectivity index (χ1n) is 4.03. The van der Waals surface area contributed by atoms with Crippen LogP contribution in [0, 0.1) is 0 Å². The van der Waals surface area contributed by atoms with Gasteiger partial charge in [0.2, 0.25) is 0 Å². The quantitative estimate of drug-likeness (QED) is 0.767. The summed E-state index contributed by atoms with van der Waals surface area (Å²) in [7, 11) is 0. The van der Waals surface area contributed by atoms with Crippen molar-refractivity contribution in [2.24, 2.45) is 0 Å². The second-order valence-electron chi connectivity index (χ2n) is 2.88. The highest BCUT2D eigenvalue weighted by Gasteiger charge is 2.40. The predicted octanol–water partition coefficient (Wildman–Crippen LogP) is 1.98. The van der Waals surface area contributed by atoms with Crippen molar-refractivity contribution in [3.8, 4) is 0 Å². The molecule has 0 saturated carbocycles. The Hall–Kier alpha value is -1.53. The Morgan fingerprint density at radius 2 is 2.13 bits per heavy atom. The van der Waals surface area contributed by atoms with E-state index in [-0.39, 0.29) is 11.5 Å². The number of pyridine rings is 1. The number of nitrogens with zero attached hydrogens (tertiary/aromatic N) is 1. The number of alkyl halides is 4. The van der Waals surface area contributed by atoms with Crippen LogP contribution in [0.5, 0.6) is 0 Å². The molecule has 0 unspecified atom stereocenters. The summed E-state index contributed by atoms with van der Waals surface area (Å²) in [6.45, 7) is -1.14. The summed E-state index contributed by atoms with van der Waals surface area (Å²) in [5.41, 5.74) is 5.50. The van der Waals surface area contributed by atoms with Gasteiger partial charge >= 0.3 is 12.3 Å². The van der Waals surface area contributed by atoms with Crippen LogP contribution in [0.3, 0.4) is 0 Å². The fraction of sp³-hybridized carbons (Fsp3) is 0.375. The number of rotatable bonds is 4. The molecule has 7 heteroatoms. The zero-order valence-corrected chi connectivity index (χ0v) is 7.55. The minimum absolute atomic E-state index is 0.125. The third-order valence-corrected chi connectivity index (χ3v) is 1.63. The lowest BCUT2D eigenvalue weighted by Gasteiger charge is -2.16. The van der Waals surface area contributed by atoms with Gasteiger partial charge in [0.25, 0.3) is 0 Å². The van der Waals surface area contributed by atoms with Crippen LogP contribution in [0.25, 0.3) is 0 Å². The van der Waals surface area contributed by atoms with Crippen molar-refractivity contribution < 1.29 is 17.6 Å². The molecule has 0 aliphatic carbocycles. The minimum atomic E-state index is -4.06. The molecule has 3 N–H and O–H groups in total. The van der Waals surface area contributed by atoms with Crippen LogP contribution in [-0.4, -0.2) is 23.9 Å². The van der Waals surface area contributed by atoms with E-state index in [1.807, 2.05) is 0 Å². The Kier molecular flexibility index (Phi) is 3.33. The fourth-order valence-corrected chi connectivity index (χ4v) is 0.855. The molecule has 1 aromatic rings.